The minimum absolute atomic E-state index is 0.190. The number of aryl methyl sites for hydroxylation is 1. The van der Waals surface area contributed by atoms with Crippen LogP contribution < -0.4 is 0 Å². The van der Waals surface area contributed by atoms with E-state index in [2.05, 4.69) is 4.74 Å². The van der Waals surface area contributed by atoms with Crippen molar-refractivity contribution in [2.24, 2.45) is 0 Å². The number of methoxy groups -OCH3 is 2. The summed E-state index contributed by atoms with van der Waals surface area (Å²) in [6.45, 7) is 1.72. The number of rotatable bonds is 5. The summed E-state index contributed by atoms with van der Waals surface area (Å²) < 4.78 is 36.6. The molecule has 0 aliphatic heterocycles. The maximum Gasteiger partial charge on any atom is 0.339 e. The van der Waals surface area contributed by atoms with Crippen LogP contribution >= 0.6 is 0 Å². The van der Waals surface area contributed by atoms with Crippen molar-refractivity contribution >= 4 is 15.8 Å². The lowest BCUT2D eigenvalue weighted by molar-refractivity contribution is 0.0599. The van der Waals surface area contributed by atoms with Gasteiger partial charge in [-0.15, -0.1) is 0 Å². The average molecular weight is 323 g/mol. The van der Waals surface area contributed by atoms with Crippen LogP contribution in [0.15, 0.2) is 47.6 Å². The number of ether oxygens (including phenoxy) is 2. The summed E-state index contributed by atoms with van der Waals surface area (Å²) in [4.78, 5) is 11.7. The van der Waals surface area contributed by atoms with Crippen molar-refractivity contribution in [3.8, 4) is 0 Å². The molecule has 1 unspecified atom stereocenters. The molecule has 0 saturated carbocycles. The third-order valence-corrected chi connectivity index (χ3v) is 5.28. The zero-order chi connectivity index (χ0) is 16.3. The first-order valence-corrected chi connectivity index (χ1v) is 8.04. The molecule has 1 atom stereocenters. The minimum Gasteiger partial charge on any atom is -0.465 e. The number of sulfone groups is 1. The number of esters is 1. The highest BCUT2D eigenvalue weighted by atomic mass is 32.2. The Hall–Kier alpha value is -2.12. The second-order valence-corrected chi connectivity index (χ2v) is 6.63. The van der Waals surface area contributed by atoms with Gasteiger partial charge < -0.3 is 14.0 Å². The largest absolute Gasteiger partial charge is 0.465 e. The van der Waals surface area contributed by atoms with Gasteiger partial charge in [0.05, 0.1) is 17.6 Å². The van der Waals surface area contributed by atoms with Crippen molar-refractivity contribution in [1.29, 1.82) is 0 Å². The lowest BCUT2D eigenvalue weighted by Crippen LogP contribution is -2.21. The fraction of sp³-hybridized carbons (Fsp3) is 0.267. The maximum atomic E-state index is 12.8. The molecule has 1 aromatic carbocycles. The van der Waals surface area contributed by atoms with Gasteiger partial charge in [-0.3, -0.25) is 0 Å². The quantitative estimate of drug-likeness (QED) is 0.788. The first-order valence-electron chi connectivity index (χ1n) is 6.50. The van der Waals surface area contributed by atoms with E-state index in [1.807, 2.05) is 0 Å². The molecule has 0 aliphatic rings. The Morgan fingerprint density at radius 3 is 2.45 bits per heavy atom. The number of hydrogen-bond acceptors (Lipinski definition) is 5. The van der Waals surface area contributed by atoms with Crippen molar-refractivity contribution in [2.75, 3.05) is 14.2 Å². The smallest absolute Gasteiger partial charge is 0.339 e. The molecule has 0 fully saturated rings. The molecule has 0 aliphatic carbocycles. The molecular weight excluding hydrogens is 306 g/mol. The van der Waals surface area contributed by atoms with E-state index in [9.17, 15) is 13.2 Å². The molecule has 118 valence electrons. The predicted molar refractivity (Wildman–Crippen MR) is 80.2 cm³/mol. The van der Waals surface area contributed by atoms with Crippen molar-refractivity contribution in [2.45, 2.75) is 17.4 Å². The van der Waals surface area contributed by atoms with Crippen LogP contribution in [0.2, 0.25) is 0 Å². The number of hydrogen-bond donors (Lipinski definition) is 0. The van der Waals surface area contributed by atoms with Crippen LogP contribution in [0.4, 0.5) is 0 Å². The zero-order valence-electron chi connectivity index (χ0n) is 12.5. The molecule has 0 bridgehead atoms. The van der Waals surface area contributed by atoms with Crippen LogP contribution in [-0.4, -0.2) is 33.2 Å². The summed E-state index contributed by atoms with van der Waals surface area (Å²) in [5.41, 5.74) is -0.374. The summed E-state index contributed by atoms with van der Waals surface area (Å²) in [6.07, 6.45) is 2.85. The average Bonchev–Trinajstić information content (AvgIpc) is 2.96. The second-order valence-electron chi connectivity index (χ2n) is 4.69. The summed E-state index contributed by atoms with van der Waals surface area (Å²) in [6, 6.07) is 8.14. The normalized spacial score (nSPS) is 12.9. The Morgan fingerprint density at radius 1 is 1.18 bits per heavy atom. The van der Waals surface area contributed by atoms with E-state index in [-0.39, 0.29) is 10.5 Å². The lowest BCUT2D eigenvalue weighted by Gasteiger charge is -2.19. The SMILES string of the molecule is COC(=O)c1ccn(C(OC)S(=O)(=O)c2ccccc2C)c1. The highest BCUT2D eigenvalue weighted by Gasteiger charge is 2.30. The van der Waals surface area contributed by atoms with Crippen LogP contribution in [0.3, 0.4) is 0 Å². The molecule has 2 aromatic rings. The first-order chi connectivity index (χ1) is 10.4. The van der Waals surface area contributed by atoms with Gasteiger partial charge in [0.25, 0.3) is 0 Å². The molecule has 0 radical (unpaired) electrons. The summed E-state index contributed by atoms with van der Waals surface area (Å²) >= 11 is 0. The van der Waals surface area contributed by atoms with Gasteiger partial charge in [0.2, 0.25) is 15.4 Å². The standard InChI is InChI=1S/C15H17NO5S/c1-11-6-4-5-7-13(11)22(18,19)15(21-3)16-9-8-12(10-16)14(17)20-2/h4-10,15H,1-3H3. The molecule has 2 rings (SSSR count). The Morgan fingerprint density at radius 2 is 1.86 bits per heavy atom. The monoisotopic (exact) mass is 323 g/mol. The van der Waals surface area contributed by atoms with Crippen LogP contribution in [0.1, 0.15) is 21.5 Å². The molecule has 1 heterocycles. The highest BCUT2D eigenvalue weighted by molar-refractivity contribution is 7.91. The van der Waals surface area contributed by atoms with E-state index < -0.39 is 21.4 Å². The molecule has 7 heteroatoms. The molecule has 0 spiro atoms. The van der Waals surface area contributed by atoms with Crippen LogP contribution in [0.5, 0.6) is 0 Å². The molecule has 6 nitrogen and oxygen atoms in total. The van der Waals surface area contributed by atoms with Crippen LogP contribution in [0, 0.1) is 6.92 Å². The minimum atomic E-state index is -3.77. The Kier molecular flexibility index (Phi) is 4.68. The molecule has 1 aromatic heterocycles. The summed E-state index contributed by atoms with van der Waals surface area (Å²) in [7, 11) is -1.20. The van der Waals surface area contributed by atoms with Crippen molar-refractivity contribution in [1.82, 2.24) is 4.57 Å². The maximum absolute atomic E-state index is 12.8. The van der Waals surface area contributed by atoms with Gasteiger partial charge in [0.1, 0.15) is 0 Å². The van der Waals surface area contributed by atoms with Gasteiger partial charge in [0.15, 0.2) is 0 Å². The fourth-order valence-electron chi connectivity index (χ4n) is 2.18. The topological polar surface area (TPSA) is 74.6 Å². The van der Waals surface area contributed by atoms with E-state index in [1.54, 1.807) is 25.1 Å². The second kappa shape index (κ2) is 6.33. The van der Waals surface area contributed by atoms with Gasteiger partial charge >= 0.3 is 5.97 Å². The van der Waals surface area contributed by atoms with Crippen molar-refractivity contribution in [3.05, 3.63) is 53.9 Å². The molecule has 0 saturated heterocycles. The molecule has 0 N–H and O–H groups in total. The predicted octanol–water partition coefficient (Wildman–Crippen LogP) is 2.16. The Balaban J connectivity index is 2.46. The van der Waals surface area contributed by atoms with E-state index in [0.29, 0.717) is 5.56 Å². The lowest BCUT2D eigenvalue weighted by atomic mass is 10.2. The highest BCUT2D eigenvalue weighted by Crippen LogP contribution is 2.27. The number of carbonyl (C=O) groups is 1. The van der Waals surface area contributed by atoms with Gasteiger partial charge in [-0.25, -0.2) is 13.2 Å². The van der Waals surface area contributed by atoms with E-state index in [0.717, 1.165) is 0 Å². The third kappa shape index (κ3) is 2.90. The van der Waals surface area contributed by atoms with Gasteiger partial charge in [0, 0.05) is 19.5 Å². The van der Waals surface area contributed by atoms with Gasteiger partial charge in [-0.1, -0.05) is 18.2 Å². The van der Waals surface area contributed by atoms with Crippen molar-refractivity contribution in [3.63, 3.8) is 0 Å². The third-order valence-electron chi connectivity index (χ3n) is 3.25. The Labute approximate surface area is 129 Å². The van der Waals surface area contributed by atoms with E-state index in [4.69, 9.17) is 4.74 Å². The molecule has 22 heavy (non-hydrogen) atoms. The van der Waals surface area contributed by atoms with Crippen LogP contribution in [-0.2, 0) is 19.3 Å². The number of carbonyl (C=O) groups excluding carboxylic acids is 1. The van der Waals surface area contributed by atoms with Gasteiger partial charge in [-0.2, -0.15) is 0 Å². The molecular formula is C15H17NO5S. The first kappa shape index (κ1) is 16.3. The van der Waals surface area contributed by atoms with Crippen LogP contribution in [0.25, 0.3) is 0 Å². The summed E-state index contributed by atoms with van der Waals surface area (Å²) in [5.74, 6) is -0.540. The summed E-state index contributed by atoms with van der Waals surface area (Å²) in [5, 5.41) is 0. The van der Waals surface area contributed by atoms with E-state index >= 15 is 0 Å². The zero-order valence-corrected chi connectivity index (χ0v) is 13.3. The van der Waals surface area contributed by atoms with Gasteiger partial charge in [-0.05, 0) is 24.6 Å². The number of nitrogens with zero attached hydrogens (tertiary/aromatic N) is 1. The van der Waals surface area contributed by atoms with E-state index in [1.165, 1.54) is 43.3 Å². The Bertz CT molecular complexity index is 779. The molecule has 0 amide bonds. The number of aromatic nitrogens is 1. The number of benzene rings is 1. The fourth-order valence-corrected chi connectivity index (χ4v) is 3.88. The van der Waals surface area contributed by atoms with Crippen molar-refractivity contribution < 1.29 is 22.7 Å².